The second-order valence-corrected chi connectivity index (χ2v) is 7.84. The van der Waals surface area contributed by atoms with Crippen molar-refractivity contribution in [2.45, 2.75) is 24.3 Å². The highest BCUT2D eigenvalue weighted by atomic mass is 32.2. The van der Waals surface area contributed by atoms with Crippen LogP contribution in [0.1, 0.15) is 11.3 Å². The lowest BCUT2D eigenvalue weighted by Crippen LogP contribution is -2.45. The summed E-state index contributed by atoms with van der Waals surface area (Å²) in [5.74, 6) is -0.467. The quantitative estimate of drug-likeness (QED) is 0.632. The van der Waals surface area contributed by atoms with Gasteiger partial charge in [-0.2, -0.15) is 4.72 Å². The van der Waals surface area contributed by atoms with Crippen molar-refractivity contribution in [3.8, 4) is 0 Å². The first kappa shape index (κ1) is 19.7. The van der Waals surface area contributed by atoms with Gasteiger partial charge in [-0.25, -0.2) is 12.8 Å². The van der Waals surface area contributed by atoms with Crippen molar-refractivity contribution >= 4 is 21.7 Å². The van der Waals surface area contributed by atoms with Gasteiger partial charge < -0.3 is 9.84 Å². The Kier molecular flexibility index (Phi) is 5.86. The number of hydrogen-bond donors (Lipinski definition) is 2. The Balaban J connectivity index is 1.84. The molecule has 0 radical (unpaired) electrons. The Morgan fingerprint density at radius 3 is 2.43 bits per heavy atom. The number of nitrogens with zero attached hydrogens (tertiary/aromatic N) is 1. The molecule has 0 unspecified atom stereocenters. The van der Waals surface area contributed by atoms with Crippen LogP contribution in [0.15, 0.2) is 70.1 Å². The molecule has 0 fully saturated rings. The van der Waals surface area contributed by atoms with E-state index in [1.165, 1.54) is 6.07 Å². The minimum absolute atomic E-state index is 0.115. The highest BCUT2D eigenvalue weighted by molar-refractivity contribution is 7.89. The van der Waals surface area contributed by atoms with E-state index in [9.17, 15) is 17.6 Å². The molecule has 0 saturated carbocycles. The highest BCUT2D eigenvalue weighted by Gasteiger charge is 2.27. The summed E-state index contributed by atoms with van der Waals surface area (Å²) in [6.07, 6.45) is 0.115. The summed E-state index contributed by atoms with van der Waals surface area (Å²) in [4.78, 5) is 12.6. The fraction of sp³-hybridized carbons (Fsp3) is 0.158. The van der Waals surface area contributed by atoms with Gasteiger partial charge >= 0.3 is 0 Å². The summed E-state index contributed by atoms with van der Waals surface area (Å²) < 4.78 is 45.7. The summed E-state index contributed by atoms with van der Waals surface area (Å²) in [6, 6.07) is 13.7. The van der Waals surface area contributed by atoms with Crippen LogP contribution >= 0.6 is 0 Å². The maximum absolute atomic E-state index is 13.1. The van der Waals surface area contributed by atoms with Gasteiger partial charge in [0.25, 0.3) is 0 Å². The smallest absolute Gasteiger partial charge is 0.244 e. The summed E-state index contributed by atoms with van der Waals surface area (Å²) in [6.45, 7) is 1.67. The van der Waals surface area contributed by atoms with Crippen molar-refractivity contribution in [3.63, 3.8) is 0 Å². The van der Waals surface area contributed by atoms with E-state index in [4.69, 9.17) is 4.52 Å². The Morgan fingerprint density at radius 2 is 1.82 bits per heavy atom. The van der Waals surface area contributed by atoms with Gasteiger partial charge in [-0.05, 0) is 43.2 Å². The number of benzene rings is 2. The standard InChI is InChI=1S/C19H18FN3O4S/c1-13-11-18(22-27-13)21-19(24)17(12-14-5-3-2-4-6-14)23-28(25,26)16-9-7-15(20)8-10-16/h2-11,17,23H,12H2,1H3,(H,21,22,24)/t17-/m0/s1. The monoisotopic (exact) mass is 403 g/mol. The summed E-state index contributed by atoms with van der Waals surface area (Å²) in [5.41, 5.74) is 0.765. The average molecular weight is 403 g/mol. The van der Waals surface area contributed by atoms with Crippen LogP contribution in [0.25, 0.3) is 0 Å². The summed E-state index contributed by atoms with van der Waals surface area (Å²) in [7, 11) is -4.05. The lowest BCUT2D eigenvalue weighted by molar-refractivity contribution is -0.117. The first-order chi connectivity index (χ1) is 13.3. The van der Waals surface area contributed by atoms with E-state index in [1.54, 1.807) is 31.2 Å². The molecule has 9 heteroatoms. The SMILES string of the molecule is Cc1cc(NC(=O)[C@H](Cc2ccccc2)NS(=O)(=O)c2ccc(F)cc2)no1. The largest absolute Gasteiger partial charge is 0.360 e. The molecule has 3 aromatic rings. The van der Waals surface area contributed by atoms with E-state index in [2.05, 4.69) is 15.2 Å². The summed E-state index contributed by atoms with van der Waals surface area (Å²) in [5, 5.41) is 6.22. The molecule has 7 nitrogen and oxygen atoms in total. The number of aryl methyl sites for hydroxylation is 1. The van der Waals surface area contributed by atoms with Gasteiger partial charge in [0.05, 0.1) is 4.90 Å². The minimum Gasteiger partial charge on any atom is -0.360 e. The van der Waals surface area contributed by atoms with Crippen LogP contribution in [0.2, 0.25) is 0 Å². The Morgan fingerprint density at radius 1 is 1.14 bits per heavy atom. The zero-order valence-electron chi connectivity index (χ0n) is 14.9. The third-order valence-electron chi connectivity index (χ3n) is 3.90. The predicted octanol–water partition coefficient (Wildman–Crippen LogP) is 2.65. The van der Waals surface area contributed by atoms with Crippen molar-refractivity contribution < 1.29 is 22.1 Å². The molecule has 3 rings (SSSR count). The van der Waals surface area contributed by atoms with E-state index in [1.807, 2.05) is 6.07 Å². The molecule has 28 heavy (non-hydrogen) atoms. The van der Waals surface area contributed by atoms with E-state index >= 15 is 0 Å². The third kappa shape index (κ3) is 5.02. The normalized spacial score (nSPS) is 12.5. The maximum Gasteiger partial charge on any atom is 0.244 e. The molecule has 0 aliphatic carbocycles. The van der Waals surface area contributed by atoms with Gasteiger partial charge in [-0.15, -0.1) is 0 Å². The topological polar surface area (TPSA) is 101 Å². The van der Waals surface area contributed by atoms with Crippen LogP contribution in [-0.2, 0) is 21.2 Å². The number of aromatic nitrogens is 1. The van der Waals surface area contributed by atoms with Gasteiger partial charge in [0, 0.05) is 6.07 Å². The van der Waals surface area contributed by atoms with Gasteiger partial charge in [0.1, 0.15) is 17.6 Å². The minimum atomic E-state index is -4.05. The first-order valence-electron chi connectivity index (χ1n) is 8.39. The first-order valence-corrected chi connectivity index (χ1v) is 9.88. The fourth-order valence-electron chi connectivity index (χ4n) is 2.55. The zero-order valence-corrected chi connectivity index (χ0v) is 15.7. The van der Waals surface area contributed by atoms with Crippen LogP contribution in [0.5, 0.6) is 0 Å². The molecule has 0 aliphatic rings. The Labute approximate surface area is 161 Å². The molecule has 2 aromatic carbocycles. The van der Waals surface area contributed by atoms with Crippen molar-refractivity contribution in [2.75, 3.05) is 5.32 Å². The lowest BCUT2D eigenvalue weighted by Gasteiger charge is -2.18. The number of amides is 1. The molecule has 0 spiro atoms. The van der Waals surface area contributed by atoms with Gasteiger partial charge in [-0.1, -0.05) is 35.5 Å². The number of rotatable bonds is 7. The second-order valence-electron chi connectivity index (χ2n) is 6.13. The van der Waals surface area contributed by atoms with Crippen molar-refractivity contribution in [3.05, 3.63) is 77.8 Å². The van der Waals surface area contributed by atoms with Crippen LogP contribution in [0.3, 0.4) is 0 Å². The van der Waals surface area contributed by atoms with Crippen molar-refractivity contribution in [2.24, 2.45) is 0 Å². The zero-order chi connectivity index (χ0) is 20.1. The molecular weight excluding hydrogens is 385 g/mol. The Bertz CT molecular complexity index is 1050. The molecule has 146 valence electrons. The fourth-order valence-corrected chi connectivity index (χ4v) is 3.74. The number of carbonyl (C=O) groups excluding carboxylic acids is 1. The van der Waals surface area contributed by atoms with E-state index in [-0.39, 0.29) is 17.1 Å². The van der Waals surface area contributed by atoms with Crippen LogP contribution in [0.4, 0.5) is 10.2 Å². The summed E-state index contributed by atoms with van der Waals surface area (Å²) >= 11 is 0. The molecule has 0 saturated heterocycles. The number of carbonyl (C=O) groups is 1. The maximum atomic E-state index is 13.1. The number of halogens is 1. The Hall–Kier alpha value is -3.04. The van der Waals surface area contributed by atoms with Crippen LogP contribution in [-0.4, -0.2) is 25.5 Å². The molecule has 1 atom stereocenters. The van der Waals surface area contributed by atoms with Crippen molar-refractivity contribution in [1.82, 2.24) is 9.88 Å². The molecule has 0 bridgehead atoms. The van der Waals surface area contributed by atoms with Crippen LogP contribution in [0, 0.1) is 12.7 Å². The third-order valence-corrected chi connectivity index (χ3v) is 5.39. The van der Waals surface area contributed by atoms with Crippen molar-refractivity contribution in [1.29, 1.82) is 0 Å². The highest BCUT2D eigenvalue weighted by Crippen LogP contribution is 2.14. The van der Waals surface area contributed by atoms with Gasteiger partial charge in [-0.3, -0.25) is 4.79 Å². The second kappa shape index (κ2) is 8.32. The average Bonchev–Trinajstić information content (AvgIpc) is 3.07. The van der Waals surface area contributed by atoms with Gasteiger partial charge in [0.2, 0.25) is 15.9 Å². The van der Waals surface area contributed by atoms with Gasteiger partial charge in [0.15, 0.2) is 5.82 Å². The molecule has 0 aliphatic heterocycles. The molecule has 2 N–H and O–H groups in total. The lowest BCUT2D eigenvalue weighted by atomic mass is 10.1. The number of sulfonamides is 1. The van der Waals surface area contributed by atoms with E-state index in [0.717, 1.165) is 29.8 Å². The van der Waals surface area contributed by atoms with Crippen LogP contribution < -0.4 is 10.0 Å². The molecule has 1 heterocycles. The molecule has 1 amide bonds. The number of hydrogen-bond acceptors (Lipinski definition) is 5. The molecular formula is C19H18FN3O4S. The van der Waals surface area contributed by atoms with E-state index < -0.39 is 27.8 Å². The molecule has 1 aromatic heterocycles. The van der Waals surface area contributed by atoms with E-state index in [0.29, 0.717) is 5.76 Å². The number of nitrogens with one attached hydrogen (secondary N) is 2. The predicted molar refractivity (Wildman–Crippen MR) is 101 cm³/mol. The number of anilines is 1.